The first-order chi connectivity index (χ1) is 26.2. The zero-order valence-corrected chi connectivity index (χ0v) is 29.2. The summed E-state index contributed by atoms with van der Waals surface area (Å²) in [7, 11) is 0. The maximum absolute atomic E-state index is 12.2. The van der Waals surface area contributed by atoms with Crippen molar-refractivity contribution in [2.75, 3.05) is 59.4 Å². The summed E-state index contributed by atoms with van der Waals surface area (Å²) in [5.74, 6) is -2.90. The number of ether oxygens (including phenoxy) is 8. The Morgan fingerprint density at radius 1 is 0.636 bits per heavy atom. The predicted octanol–water partition coefficient (Wildman–Crippen LogP) is -8.79. The molecule has 0 aromatic heterocycles. The number of imide groups is 1. The minimum absolute atomic E-state index is 0.0631. The molecule has 3 amide bonds. The number of nitrogens with one attached hydrogen (secondary N) is 1. The van der Waals surface area contributed by atoms with E-state index in [0.29, 0.717) is 5.06 Å². The van der Waals surface area contributed by atoms with E-state index in [4.69, 9.17) is 37.9 Å². The number of hydroxylamine groups is 2. The van der Waals surface area contributed by atoms with Gasteiger partial charge in [0.1, 0.15) is 86.5 Å². The van der Waals surface area contributed by atoms with Crippen molar-refractivity contribution in [2.45, 2.75) is 105 Å². The van der Waals surface area contributed by atoms with Crippen molar-refractivity contribution in [1.29, 1.82) is 0 Å². The van der Waals surface area contributed by atoms with Gasteiger partial charge < -0.3 is 99.1 Å². The van der Waals surface area contributed by atoms with Crippen LogP contribution >= 0.6 is 0 Å². The van der Waals surface area contributed by atoms with E-state index in [2.05, 4.69) is 10.2 Å². The Balaban J connectivity index is 1.26. The van der Waals surface area contributed by atoms with E-state index >= 15 is 0 Å². The molecule has 4 heterocycles. The number of carbonyl (C=O) groups excluding carboxylic acids is 4. The Bertz CT molecular complexity index is 1250. The molecule has 0 bridgehead atoms. The van der Waals surface area contributed by atoms with Crippen molar-refractivity contribution in [3.8, 4) is 0 Å². The highest BCUT2D eigenvalue weighted by Crippen LogP contribution is 2.31. The van der Waals surface area contributed by atoms with Gasteiger partial charge in [-0.3, -0.25) is 14.4 Å². The van der Waals surface area contributed by atoms with Crippen molar-refractivity contribution in [3.63, 3.8) is 0 Å². The lowest BCUT2D eigenvalue weighted by Gasteiger charge is -2.46. The Labute approximate surface area is 311 Å². The molecular weight excluding hydrogens is 756 g/mol. The van der Waals surface area contributed by atoms with Crippen LogP contribution in [0.3, 0.4) is 0 Å². The molecule has 55 heavy (non-hydrogen) atoms. The van der Waals surface area contributed by atoms with Gasteiger partial charge in [0.05, 0.1) is 39.6 Å². The molecule has 4 aliphatic heterocycles. The molecule has 0 aromatic carbocycles. The van der Waals surface area contributed by atoms with Crippen LogP contribution in [0.15, 0.2) is 0 Å². The van der Waals surface area contributed by atoms with Crippen molar-refractivity contribution in [3.05, 3.63) is 0 Å². The fraction of sp³-hybridized carbons (Fsp3) is 0.867. The number of amides is 3. The van der Waals surface area contributed by atoms with Gasteiger partial charge in [-0.05, 0) is 0 Å². The van der Waals surface area contributed by atoms with E-state index in [0.717, 1.165) is 0 Å². The van der Waals surface area contributed by atoms with Crippen molar-refractivity contribution < 1.29 is 113 Å². The van der Waals surface area contributed by atoms with E-state index in [-0.39, 0.29) is 39.2 Å². The third-order valence-electron chi connectivity index (χ3n) is 8.79. The predicted molar refractivity (Wildman–Crippen MR) is 167 cm³/mol. The molecule has 25 nitrogen and oxygen atoms in total. The Morgan fingerprint density at radius 3 is 1.76 bits per heavy atom. The first-order valence-corrected chi connectivity index (χ1v) is 17.2. The molecule has 0 radical (unpaired) electrons. The van der Waals surface area contributed by atoms with Gasteiger partial charge in [0, 0.05) is 19.4 Å². The molecule has 4 fully saturated rings. The van der Waals surface area contributed by atoms with Crippen LogP contribution < -0.4 is 5.32 Å². The minimum Gasteiger partial charge on any atom is -0.394 e. The second-order valence-corrected chi connectivity index (χ2v) is 12.7. The maximum atomic E-state index is 12.2. The summed E-state index contributed by atoms with van der Waals surface area (Å²) in [6, 6.07) is 0. The minimum atomic E-state index is -1.93. The molecule has 0 spiro atoms. The largest absolute Gasteiger partial charge is 0.394 e. The van der Waals surface area contributed by atoms with E-state index in [1.807, 2.05) is 0 Å². The molecule has 4 rings (SSSR count). The topological polar surface area (TPSA) is 369 Å². The third kappa shape index (κ3) is 11.7. The summed E-state index contributed by atoms with van der Waals surface area (Å²) >= 11 is 0. The summed E-state index contributed by atoms with van der Waals surface area (Å²) in [6.07, 6.45) is -25.8. The lowest BCUT2D eigenvalue weighted by Crippen LogP contribution is -2.65. The lowest BCUT2D eigenvalue weighted by atomic mass is 9.96. The van der Waals surface area contributed by atoms with E-state index < -0.39 is 149 Å². The SMILES string of the molecule is O=C(COCCOCC(=O)ON1C(=O)CCC1=O)NCCO[C@@H]1O[C@H](COC2O[C@H](CO)[C@@H](O)[C@H](O)[C@@H]2O)[C@@H](O)[C@H](O[C@H]2O[C@H](CO)[C@@H](O)[C@H](O)[C@@H]2O)[C@@H]1O. The molecule has 0 aliphatic carbocycles. The van der Waals surface area contributed by atoms with Gasteiger partial charge in [-0.25, -0.2) is 4.79 Å². The maximum Gasteiger partial charge on any atom is 0.358 e. The number of rotatable bonds is 19. The molecule has 0 aromatic rings. The normalized spacial score (nSPS) is 38.3. The summed E-state index contributed by atoms with van der Waals surface area (Å²) in [6.45, 7) is -4.07. The molecule has 1 unspecified atom stereocenters. The fourth-order valence-electron chi connectivity index (χ4n) is 5.71. The second-order valence-electron chi connectivity index (χ2n) is 12.7. The summed E-state index contributed by atoms with van der Waals surface area (Å²) < 4.78 is 43.1. The summed E-state index contributed by atoms with van der Waals surface area (Å²) in [5.41, 5.74) is 0. The molecular formula is C30H48N2O23. The van der Waals surface area contributed by atoms with Crippen molar-refractivity contribution >= 4 is 23.7 Å². The number of aliphatic hydroxyl groups excluding tert-OH is 10. The van der Waals surface area contributed by atoms with Gasteiger partial charge in [0.2, 0.25) is 5.91 Å². The first kappa shape index (κ1) is 45.1. The van der Waals surface area contributed by atoms with Gasteiger partial charge >= 0.3 is 5.97 Å². The Morgan fingerprint density at radius 2 is 1.16 bits per heavy atom. The highest BCUT2D eigenvalue weighted by Gasteiger charge is 2.52. The molecule has 4 aliphatic rings. The van der Waals surface area contributed by atoms with Crippen LogP contribution in [0.4, 0.5) is 0 Å². The van der Waals surface area contributed by atoms with Crippen molar-refractivity contribution in [2.24, 2.45) is 0 Å². The third-order valence-corrected chi connectivity index (χ3v) is 8.79. The number of carbonyl (C=O) groups is 4. The van der Waals surface area contributed by atoms with Crippen LogP contribution in [0, 0.1) is 0 Å². The van der Waals surface area contributed by atoms with Crippen LogP contribution in [-0.2, 0) is 61.9 Å². The molecule has 11 N–H and O–H groups in total. The monoisotopic (exact) mass is 804 g/mol. The highest BCUT2D eigenvalue weighted by atomic mass is 16.8. The van der Waals surface area contributed by atoms with Gasteiger partial charge in [-0.15, -0.1) is 5.06 Å². The van der Waals surface area contributed by atoms with Crippen LogP contribution in [0.2, 0.25) is 0 Å². The second kappa shape index (κ2) is 21.2. The molecule has 316 valence electrons. The first-order valence-electron chi connectivity index (χ1n) is 17.2. The molecule has 0 saturated carbocycles. The van der Waals surface area contributed by atoms with Crippen LogP contribution in [-0.4, -0.2) is 231 Å². The van der Waals surface area contributed by atoms with Gasteiger partial charge in [-0.2, -0.15) is 0 Å². The van der Waals surface area contributed by atoms with Gasteiger partial charge in [0.25, 0.3) is 11.8 Å². The average Bonchev–Trinajstić information content (AvgIpc) is 3.48. The number of hydrogen-bond acceptors (Lipinski definition) is 23. The Kier molecular flexibility index (Phi) is 17.4. The van der Waals surface area contributed by atoms with E-state index in [1.165, 1.54) is 0 Å². The number of hydrogen-bond donors (Lipinski definition) is 11. The standard InChI is InChI=1S/C30H48N2O23/c33-7-12-19(39)22(42)24(44)28(51-12)50-9-14-21(41)27(54-30-25(45)23(43)20(40)13(8-34)52-30)26(46)29(53-14)49-4-3-31-15(35)10-47-5-6-48-11-18(38)55-32-16(36)1-2-17(32)37/h12-14,19-30,33-34,39-46H,1-11H2,(H,31,35)/t12-,13-,14-,19-,20-,21-,22+,23+,24+,25+,26+,27+,28?,29-,30-/m1/s1. The quantitative estimate of drug-likeness (QED) is 0.0426. The number of aliphatic hydroxyl groups is 10. The zero-order valence-electron chi connectivity index (χ0n) is 29.2. The molecule has 25 heteroatoms. The molecule has 15 atom stereocenters. The van der Waals surface area contributed by atoms with Crippen molar-refractivity contribution in [1.82, 2.24) is 10.4 Å². The Hall–Kier alpha value is -2.64. The summed E-state index contributed by atoms with van der Waals surface area (Å²) in [5, 5.41) is 105. The van der Waals surface area contributed by atoms with Gasteiger partial charge in [-0.1, -0.05) is 0 Å². The van der Waals surface area contributed by atoms with Gasteiger partial charge in [0.15, 0.2) is 18.9 Å². The van der Waals surface area contributed by atoms with E-state index in [9.17, 15) is 70.2 Å². The van der Waals surface area contributed by atoms with Crippen LogP contribution in [0.25, 0.3) is 0 Å². The smallest absolute Gasteiger partial charge is 0.358 e. The summed E-state index contributed by atoms with van der Waals surface area (Å²) in [4.78, 5) is 51.5. The number of nitrogens with zero attached hydrogens (tertiary/aromatic N) is 1. The fourth-order valence-corrected chi connectivity index (χ4v) is 5.71. The highest BCUT2D eigenvalue weighted by molar-refractivity contribution is 6.01. The van der Waals surface area contributed by atoms with Crippen LogP contribution in [0.5, 0.6) is 0 Å². The lowest BCUT2D eigenvalue weighted by molar-refractivity contribution is -0.366. The zero-order chi connectivity index (χ0) is 40.4. The molecule has 4 saturated heterocycles. The van der Waals surface area contributed by atoms with Crippen LogP contribution in [0.1, 0.15) is 12.8 Å². The van der Waals surface area contributed by atoms with E-state index in [1.54, 1.807) is 0 Å². The average molecular weight is 805 g/mol.